The van der Waals surface area contributed by atoms with Crippen molar-refractivity contribution in [3.05, 3.63) is 17.0 Å². The Morgan fingerprint density at radius 2 is 1.82 bits per heavy atom. The summed E-state index contributed by atoms with van der Waals surface area (Å²) in [5.41, 5.74) is 2.50. The first kappa shape index (κ1) is 25.2. The number of unbranched alkanes of at least 4 members (excludes halogenated alkanes) is 1. The molecule has 1 aromatic rings. The number of carbonyl (C=O) groups excluding carboxylic acids is 2. The highest BCUT2D eigenvalue weighted by molar-refractivity contribution is 6.00. The summed E-state index contributed by atoms with van der Waals surface area (Å²) in [4.78, 5) is 31.7. The number of carbonyl (C=O) groups is 2. The number of H-pyrrole nitrogens is 1. The third-order valence-electron chi connectivity index (χ3n) is 8.74. The number of aryl methyl sites for hydroxylation is 2. The lowest BCUT2D eigenvalue weighted by Crippen LogP contribution is -2.75. The van der Waals surface area contributed by atoms with E-state index in [1.165, 1.54) is 12.0 Å². The SMILES string of the molecule is CCCCN1C(=O)[C@@H]([C@H](O)C2CCCCC2)NC(=O)C12CCN(C(C)c1c(C)n[nH]c1C)CC2. The molecule has 0 bridgehead atoms. The largest absolute Gasteiger partial charge is 0.390 e. The molecule has 34 heavy (non-hydrogen) atoms. The first-order valence-corrected chi connectivity index (χ1v) is 13.4. The smallest absolute Gasteiger partial charge is 0.248 e. The van der Waals surface area contributed by atoms with Gasteiger partial charge in [-0.1, -0.05) is 32.6 Å². The number of hydrogen-bond donors (Lipinski definition) is 3. The van der Waals surface area contributed by atoms with Crippen LogP contribution in [-0.2, 0) is 9.59 Å². The fourth-order valence-electron chi connectivity index (χ4n) is 6.59. The number of rotatable bonds is 7. The maximum absolute atomic E-state index is 13.8. The summed E-state index contributed by atoms with van der Waals surface area (Å²) in [6, 6.07) is -0.616. The molecule has 190 valence electrons. The standard InChI is InChI=1S/C26H43N5O3/c1-5-6-14-31-24(33)22(23(32)20-10-8-7-9-11-20)27-25(34)26(31)12-15-30(16-13-26)19(4)21-17(2)28-29-18(21)3/h19-20,22-23,32H,5-16H2,1-4H3,(H,27,34)(H,28,29)/t19?,22-,23-/m1/s1. The van der Waals surface area contributed by atoms with Gasteiger partial charge in [0.15, 0.2) is 0 Å². The van der Waals surface area contributed by atoms with E-state index in [0.29, 0.717) is 19.4 Å². The first-order valence-electron chi connectivity index (χ1n) is 13.4. The summed E-state index contributed by atoms with van der Waals surface area (Å²) in [6.07, 6.45) is 7.47. The van der Waals surface area contributed by atoms with Crippen LogP contribution in [0.2, 0.25) is 0 Å². The highest BCUT2D eigenvalue weighted by atomic mass is 16.3. The van der Waals surface area contributed by atoms with Crippen molar-refractivity contribution in [3.63, 3.8) is 0 Å². The van der Waals surface area contributed by atoms with E-state index in [-0.39, 0.29) is 23.8 Å². The molecule has 8 heteroatoms. The molecular weight excluding hydrogens is 430 g/mol. The van der Waals surface area contributed by atoms with Crippen LogP contribution in [0.5, 0.6) is 0 Å². The third-order valence-corrected chi connectivity index (χ3v) is 8.74. The number of piperazine rings is 1. The Kier molecular flexibility index (Phi) is 7.67. The van der Waals surface area contributed by atoms with Crippen LogP contribution < -0.4 is 5.32 Å². The number of hydrogen-bond acceptors (Lipinski definition) is 5. The number of nitrogens with one attached hydrogen (secondary N) is 2. The van der Waals surface area contributed by atoms with Crippen molar-refractivity contribution in [2.45, 2.75) is 109 Å². The molecule has 3 N–H and O–H groups in total. The molecule has 0 aromatic carbocycles. The second-order valence-electron chi connectivity index (χ2n) is 10.8. The van der Waals surface area contributed by atoms with E-state index in [1.807, 2.05) is 11.8 Å². The number of aliphatic hydroxyl groups is 1. The quantitative estimate of drug-likeness (QED) is 0.565. The molecule has 2 amide bonds. The Bertz CT molecular complexity index is 850. The van der Waals surface area contributed by atoms with Gasteiger partial charge in [0, 0.05) is 36.9 Å². The van der Waals surface area contributed by atoms with Crippen molar-refractivity contribution in [2.75, 3.05) is 19.6 Å². The van der Waals surface area contributed by atoms with Crippen molar-refractivity contribution in [2.24, 2.45) is 5.92 Å². The monoisotopic (exact) mass is 473 g/mol. The van der Waals surface area contributed by atoms with Crippen LogP contribution in [0, 0.1) is 19.8 Å². The van der Waals surface area contributed by atoms with Crippen LogP contribution in [0.25, 0.3) is 0 Å². The fourth-order valence-corrected chi connectivity index (χ4v) is 6.59. The van der Waals surface area contributed by atoms with Crippen LogP contribution in [0.3, 0.4) is 0 Å². The van der Waals surface area contributed by atoms with E-state index in [2.05, 4.69) is 41.2 Å². The van der Waals surface area contributed by atoms with Gasteiger partial charge in [0.2, 0.25) is 11.8 Å². The summed E-state index contributed by atoms with van der Waals surface area (Å²) in [7, 11) is 0. The van der Waals surface area contributed by atoms with Crippen LogP contribution in [-0.4, -0.2) is 74.2 Å². The zero-order valence-corrected chi connectivity index (χ0v) is 21.4. The number of aliphatic hydroxyl groups excluding tert-OH is 1. The van der Waals surface area contributed by atoms with Gasteiger partial charge >= 0.3 is 0 Å². The van der Waals surface area contributed by atoms with Crippen molar-refractivity contribution in [1.82, 2.24) is 25.3 Å². The van der Waals surface area contributed by atoms with Gasteiger partial charge in [-0.05, 0) is 58.8 Å². The van der Waals surface area contributed by atoms with Gasteiger partial charge in [0.25, 0.3) is 0 Å². The van der Waals surface area contributed by atoms with E-state index >= 15 is 0 Å². The maximum atomic E-state index is 13.8. The average molecular weight is 474 g/mol. The topological polar surface area (TPSA) is 102 Å². The minimum Gasteiger partial charge on any atom is -0.390 e. The lowest BCUT2D eigenvalue weighted by molar-refractivity contribution is -0.166. The molecule has 3 aliphatic rings. The van der Waals surface area contributed by atoms with Gasteiger partial charge in [0.1, 0.15) is 11.6 Å². The van der Waals surface area contributed by atoms with Crippen LogP contribution in [0.4, 0.5) is 0 Å². The van der Waals surface area contributed by atoms with Crippen molar-refractivity contribution in [3.8, 4) is 0 Å². The normalized spacial score (nSPS) is 26.0. The molecule has 1 saturated carbocycles. The van der Waals surface area contributed by atoms with Gasteiger partial charge in [-0.3, -0.25) is 19.6 Å². The van der Waals surface area contributed by atoms with E-state index in [1.54, 1.807) is 0 Å². The predicted octanol–water partition coefficient (Wildman–Crippen LogP) is 2.99. The van der Waals surface area contributed by atoms with E-state index < -0.39 is 17.7 Å². The molecule has 1 spiro atoms. The number of amides is 2. The summed E-state index contributed by atoms with van der Waals surface area (Å²) < 4.78 is 0. The molecule has 3 heterocycles. The van der Waals surface area contributed by atoms with E-state index in [4.69, 9.17) is 0 Å². The van der Waals surface area contributed by atoms with Crippen molar-refractivity contribution in [1.29, 1.82) is 0 Å². The molecule has 1 unspecified atom stereocenters. The summed E-state index contributed by atoms with van der Waals surface area (Å²) in [5.74, 6) is -0.0746. The van der Waals surface area contributed by atoms with Gasteiger partial charge < -0.3 is 15.3 Å². The Morgan fingerprint density at radius 3 is 2.41 bits per heavy atom. The Labute approximate surface area is 203 Å². The van der Waals surface area contributed by atoms with Gasteiger partial charge in [0.05, 0.1) is 11.8 Å². The summed E-state index contributed by atoms with van der Waals surface area (Å²) in [6.45, 7) is 10.4. The van der Waals surface area contributed by atoms with Crippen LogP contribution in [0.15, 0.2) is 0 Å². The van der Waals surface area contributed by atoms with Crippen LogP contribution >= 0.6 is 0 Å². The Hall–Kier alpha value is -1.93. The van der Waals surface area contributed by atoms with Gasteiger partial charge in [-0.2, -0.15) is 5.10 Å². The highest BCUT2D eigenvalue weighted by Crippen LogP contribution is 2.38. The molecular formula is C26H43N5O3. The van der Waals surface area contributed by atoms with E-state index in [0.717, 1.165) is 63.0 Å². The molecule has 3 atom stereocenters. The second-order valence-corrected chi connectivity index (χ2v) is 10.8. The van der Waals surface area contributed by atoms with Gasteiger partial charge in [-0.25, -0.2) is 0 Å². The maximum Gasteiger partial charge on any atom is 0.248 e. The number of nitrogens with zero attached hydrogens (tertiary/aromatic N) is 3. The van der Waals surface area contributed by atoms with E-state index in [9.17, 15) is 14.7 Å². The third kappa shape index (κ3) is 4.51. The van der Waals surface area contributed by atoms with Crippen molar-refractivity contribution >= 4 is 11.8 Å². The predicted molar refractivity (Wildman–Crippen MR) is 131 cm³/mol. The molecule has 1 aliphatic carbocycles. The minimum absolute atomic E-state index is 0.0777. The van der Waals surface area contributed by atoms with Gasteiger partial charge in [-0.15, -0.1) is 0 Å². The molecule has 2 aliphatic heterocycles. The number of aromatic amines is 1. The van der Waals surface area contributed by atoms with Crippen molar-refractivity contribution < 1.29 is 14.7 Å². The molecule has 3 fully saturated rings. The molecule has 4 rings (SSSR count). The number of aromatic nitrogens is 2. The first-order chi connectivity index (χ1) is 16.3. The zero-order valence-electron chi connectivity index (χ0n) is 21.4. The molecule has 0 radical (unpaired) electrons. The average Bonchev–Trinajstić information content (AvgIpc) is 3.19. The highest BCUT2D eigenvalue weighted by Gasteiger charge is 2.55. The lowest BCUT2D eigenvalue weighted by atomic mass is 9.77. The summed E-state index contributed by atoms with van der Waals surface area (Å²) >= 11 is 0. The fraction of sp³-hybridized carbons (Fsp3) is 0.808. The number of piperidine rings is 1. The Balaban J connectivity index is 1.51. The molecule has 2 saturated heterocycles. The molecule has 8 nitrogen and oxygen atoms in total. The minimum atomic E-state index is -0.814. The Morgan fingerprint density at radius 1 is 1.15 bits per heavy atom. The molecule has 1 aromatic heterocycles. The lowest BCUT2D eigenvalue weighted by Gasteiger charge is -2.53. The zero-order chi connectivity index (χ0) is 24.5. The number of likely N-dealkylation sites (tertiary alicyclic amines) is 1. The van der Waals surface area contributed by atoms with Crippen LogP contribution in [0.1, 0.15) is 94.6 Å². The second kappa shape index (κ2) is 10.4. The summed E-state index contributed by atoms with van der Waals surface area (Å²) in [5, 5.41) is 21.6.